The number of likely N-dealkylation sites (tertiary alicyclic amines) is 1. The van der Waals surface area contributed by atoms with Crippen LogP contribution in [0.4, 0.5) is 0 Å². The lowest BCUT2D eigenvalue weighted by Gasteiger charge is -2.32. The van der Waals surface area contributed by atoms with Gasteiger partial charge in [0.1, 0.15) is 0 Å². The highest BCUT2D eigenvalue weighted by Crippen LogP contribution is 2.20. The van der Waals surface area contributed by atoms with Gasteiger partial charge in [0.25, 0.3) is 5.91 Å². The minimum Gasteiger partial charge on any atom is -0.334 e. The van der Waals surface area contributed by atoms with Gasteiger partial charge in [-0.25, -0.2) is 0 Å². The van der Waals surface area contributed by atoms with Crippen molar-refractivity contribution in [2.24, 2.45) is 0 Å². The Morgan fingerprint density at radius 3 is 2.77 bits per heavy atom. The number of hydrogen-bond donors (Lipinski definition) is 0. The normalized spacial score (nSPS) is 18.5. The van der Waals surface area contributed by atoms with Crippen LogP contribution in [0.15, 0.2) is 24.3 Å². The van der Waals surface area contributed by atoms with Gasteiger partial charge in [0.2, 0.25) is 0 Å². The summed E-state index contributed by atoms with van der Waals surface area (Å²) in [6.45, 7) is 6.80. The molecule has 2 heterocycles. The third-order valence-electron chi connectivity index (χ3n) is 4.28. The number of rotatable bonds is 2. The first-order valence-electron chi connectivity index (χ1n) is 7.88. The van der Waals surface area contributed by atoms with Gasteiger partial charge in [-0.05, 0) is 57.7 Å². The monoisotopic (exact) mass is 298 g/mol. The Hall–Kier alpha value is -2.17. The zero-order valence-electron chi connectivity index (χ0n) is 13.4. The van der Waals surface area contributed by atoms with Crippen LogP contribution < -0.4 is 0 Å². The van der Waals surface area contributed by atoms with Crippen LogP contribution in [-0.4, -0.2) is 38.4 Å². The summed E-state index contributed by atoms with van der Waals surface area (Å²) in [4.78, 5) is 16.2. The molecular weight excluding hydrogens is 276 g/mol. The van der Waals surface area contributed by atoms with E-state index in [1.807, 2.05) is 43.0 Å². The molecule has 0 N–H and O–H groups in total. The molecule has 1 aliphatic heterocycles. The number of aryl methyl sites for hydroxylation is 2. The van der Waals surface area contributed by atoms with Gasteiger partial charge in [-0.15, -0.1) is 5.10 Å². The van der Waals surface area contributed by atoms with Crippen molar-refractivity contribution in [1.29, 1.82) is 0 Å². The Morgan fingerprint density at radius 2 is 2.05 bits per heavy atom. The summed E-state index contributed by atoms with van der Waals surface area (Å²) in [6.07, 6.45) is 3.33. The van der Waals surface area contributed by atoms with Gasteiger partial charge < -0.3 is 4.90 Å². The first-order chi connectivity index (χ1) is 10.6. The van der Waals surface area contributed by atoms with Crippen molar-refractivity contribution < 1.29 is 4.79 Å². The highest BCUT2D eigenvalue weighted by atomic mass is 16.2. The van der Waals surface area contributed by atoms with E-state index in [1.54, 1.807) is 4.80 Å². The Balaban J connectivity index is 1.90. The fourth-order valence-corrected chi connectivity index (χ4v) is 2.98. The lowest BCUT2D eigenvalue weighted by atomic mass is 10.0. The molecule has 1 saturated heterocycles. The number of amides is 1. The van der Waals surface area contributed by atoms with E-state index >= 15 is 0 Å². The number of hydrogen-bond acceptors (Lipinski definition) is 3. The number of nitrogens with zero attached hydrogens (tertiary/aromatic N) is 4. The number of piperidine rings is 1. The predicted octanol–water partition coefficient (Wildman–Crippen LogP) is 2.90. The zero-order valence-corrected chi connectivity index (χ0v) is 13.4. The van der Waals surface area contributed by atoms with Crippen LogP contribution in [0.1, 0.15) is 47.9 Å². The van der Waals surface area contributed by atoms with E-state index in [9.17, 15) is 4.79 Å². The quantitative estimate of drug-likeness (QED) is 0.856. The highest BCUT2D eigenvalue weighted by molar-refractivity contribution is 5.93. The highest BCUT2D eigenvalue weighted by Gasteiger charge is 2.27. The van der Waals surface area contributed by atoms with E-state index in [-0.39, 0.29) is 11.9 Å². The summed E-state index contributed by atoms with van der Waals surface area (Å²) in [5.74, 6) is 0.00334. The molecule has 1 aromatic carbocycles. The van der Waals surface area contributed by atoms with E-state index in [1.165, 1.54) is 6.42 Å². The molecule has 5 nitrogen and oxygen atoms in total. The Morgan fingerprint density at radius 1 is 1.23 bits per heavy atom. The second kappa shape index (κ2) is 5.91. The largest absolute Gasteiger partial charge is 0.334 e. The van der Waals surface area contributed by atoms with Crippen molar-refractivity contribution in [2.75, 3.05) is 6.54 Å². The maximum atomic E-state index is 12.8. The maximum Gasteiger partial charge on any atom is 0.276 e. The summed E-state index contributed by atoms with van der Waals surface area (Å²) in [6, 6.07) is 8.24. The van der Waals surface area contributed by atoms with Crippen LogP contribution in [-0.2, 0) is 0 Å². The van der Waals surface area contributed by atoms with Crippen molar-refractivity contribution >= 4 is 5.91 Å². The van der Waals surface area contributed by atoms with Crippen LogP contribution in [0, 0.1) is 13.8 Å². The van der Waals surface area contributed by atoms with Crippen LogP contribution in [0.2, 0.25) is 0 Å². The van der Waals surface area contributed by atoms with E-state index < -0.39 is 0 Å². The standard InChI is InChI=1S/C17H22N4O/c1-12-7-6-9-15(11-12)21-18-14(3)16(19-21)17(22)20-10-5-4-8-13(20)2/h6-7,9,11,13H,4-5,8,10H2,1-3H3. The summed E-state index contributed by atoms with van der Waals surface area (Å²) in [5.41, 5.74) is 3.18. The summed E-state index contributed by atoms with van der Waals surface area (Å²) in [5, 5.41) is 8.87. The number of aromatic nitrogens is 3. The van der Waals surface area contributed by atoms with Gasteiger partial charge >= 0.3 is 0 Å². The van der Waals surface area contributed by atoms with Crippen LogP contribution in [0.3, 0.4) is 0 Å². The van der Waals surface area contributed by atoms with Gasteiger partial charge in [0.05, 0.1) is 11.4 Å². The van der Waals surface area contributed by atoms with Gasteiger partial charge in [0.15, 0.2) is 5.69 Å². The summed E-state index contributed by atoms with van der Waals surface area (Å²) < 4.78 is 0. The Kier molecular flexibility index (Phi) is 3.96. The molecule has 0 radical (unpaired) electrons. The van der Waals surface area contributed by atoms with Crippen molar-refractivity contribution in [3.8, 4) is 5.69 Å². The molecule has 1 aromatic heterocycles. The number of carbonyl (C=O) groups excluding carboxylic acids is 1. The molecule has 1 unspecified atom stereocenters. The molecule has 1 aliphatic rings. The van der Waals surface area contributed by atoms with Crippen molar-refractivity contribution in [3.05, 3.63) is 41.2 Å². The Labute approximate surface area is 130 Å². The van der Waals surface area contributed by atoms with E-state index in [0.29, 0.717) is 11.4 Å². The topological polar surface area (TPSA) is 51.0 Å². The Bertz CT molecular complexity index is 692. The molecule has 0 spiro atoms. The summed E-state index contributed by atoms with van der Waals surface area (Å²) in [7, 11) is 0. The zero-order chi connectivity index (χ0) is 15.7. The van der Waals surface area contributed by atoms with Crippen molar-refractivity contribution in [3.63, 3.8) is 0 Å². The third-order valence-corrected chi connectivity index (χ3v) is 4.28. The van der Waals surface area contributed by atoms with Crippen LogP contribution in [0.5, 0.6) is 0 Å². The molecule has 0 aliphatic carbocycles. The number of benzene rings is 1. The minimum absolute atomic E-state index is 0.00334. The lowest BCUT2D eigenvalue weighted by Crippen LogP contribution is -2.42. The predicted molar refractivity (Wildman–Crippen MR) is 85.2 cm³/mol. The molecule has 1 amide bonds. The first kappa shape index (κ1) is 14.8. The SMILES string of the molecule is Cc1cccc(-n2nc(C)c(C(=O)N3CCCCC3C)n2)c1. The average molecular weight is 298 g/mol. The van der Waals surface area contributed by atoms with Crippen molar-refractivity contribution in [1.82, 2.24) is 19.9 Å². The van der Waals surface area contributed by atoms with Gasteiger partial charge in [0, 0.05) is 12.6 Å². The average Bonchev–Trinajstić information content (AvgIpc) is 2.89. The maximum absolute atomic E-state index is 12.8. The van der Waals surface area contributed by atoms with E-state index in [2.05, 4.69) is 17.1 Å². The van der Waals surface area contributed by atoms with Crippen molar-refractivity contribution in [2.45, 2.75) is 46.1 Å². The first-order valence-corrected chi connectivity index (χ1v) is 7.88. The fourth-order valence-electron chi connectivity index (χ4n) is 2.98. The minimum atomic E-state index is 0.00334. The molecule has 1 fully saturated rings. The molecule has 3 rings (SSSR count). The molecule has 5 heteroatoms. The molecular formula is C17H22N4O. The van der Waals surface area contributed by atoms with E-state index in [4.69, 9.17) is 0 Å². The second-order valence-corrected chi connectivity index (χ2v) is 6.11. The van der Waals surface area contributed by atoms with E-state index in [0.717, 1.165) is 30.6 Å². The van der Waals surface area contributed by atoms with Crippen LogP contribution in [0.25, 0.3) is 5.69 Å². The summed E-state index contributed by atoms with van der Waals surface area (Å²) >= 11 is 0. The molecule has 1 atom stereocenters. The smallest absolute Gasteiger partial charge is 0.276 e. The number of carbonyl (C=O) groups is 1. The van der Waals surface area contributed by atoms with Gasteiger partial charge in [-0.2, -0.15) is 9.90 Å². The lowest BCUT2D eigenvalue weighted by molar-refractivity contribution is 0.0628. The van der Waals surface area contributed by atoms with Crippen LogP contribution >= 0.6 is 0 Å². The molecule has 0 bridgehead atoms. The van der Waals surface area contributed by atoms with Gasteiger partial charge in [-0.3, -0.25) is 4.79 Å². The van der Waals surface area contributed by atoms with Gasteiger partial charge in [-0.1, -0.05) is 12.1 Å². The molecule has 22 heavy (non-hydrogen) atoms. The molecule has 2 aromatic rings. The molecule has 0 saturated carbocycles. The fraction of sp³-hybridized carbons (Fsp3) is 0.471. The molecule has 116 valence electrons. The third kappa shape index (κ3) is 2.75. The second-order valence-electron chi connectivity index (χ2n) is 6.11.